The van der Waals surface area contributed by atoms with E-state index in [0.29, 0.717) is 25.2 Å². The Labute approximate surface area is 171 Å². The Morgan fingerprint density at radius 1 is 1.17 bits per heavy atom. The number of carbonyl (C=O) groups is 1. The molecule has 1 fully saturated rings. The quantitative estimate of drug-likeness (QED) is 0.744. The number of nitrogens with zero attached hydrogens (tertiary/aromatic N) is 2. The molecule has 1 aromatic carbocycles. The van der Waals surface area contributed by atoms with Gasteiger partial charge < -0.3 is 20.1 Å². The molecule has 1 saturated carbocycles. The van der Waals surface area contributed by atoms with Gasteiger partial charge in [-0.1, -0.05) is 32.8 Å². The van der Waals surface area contributed by atoms with Crippen molar-refractivity contribution in [2.24, 2.45) is 5.92 Å². The zero-order chi connectivity index (χ0) is 20.2. The summed E-state index contributed by atoms with van der Waals surface area (Å²) in [4.78, 5) is 12.6. The SMILES string of the molecule is CC(C)[C@H](NCC(=O)Nc1ccnn1C1CCCC1)c1ccc2c(c1)OCCO2. The number of aromatic nitrogens is 2. The highest BCUT2D eigenvalue weighted by Gasteiger charge is 2.22. The van der Waals surface area contributed by atoms with Crippen LogP contribution in [0.3, 0.4) is 0 Å². The maximum absolute atomic E-state index is 12.6. The van der Waals surface area contributed by atoms with E-state index in [1.54, 1.807) is 6.20 Å². The third kappa shape index (κ3) is 4.56. The van der Waals surface area contributed by atoms with Crippen LogP contribution >= 0.6 is 0 Å². The predicted octanol–water partition coefficient (Wildman–Crippen LogP) is 3.69. The highest BCUT2D eigenvalue weighted by Crippen LogP contribution is 2.34. The minimum atomic E-state index is -0.0621. The van der Waals surface area contributed by atoms with E-state index in [0.717, 1.165) is 35.7 Å². The van der Waals surface area contributed by atoms with Crippen LogP contribution in [0.5, 0.6) is 11.5 Å². The zero-order valence-corrected chi connectivity index (χ0v) is 17.2. The Kier molecular flexibility index (Phi) is 6.04. The normalized spacial score (nSPS) is 17.5. The first-order valence-corrected chi connectivity index (χ1v) is 10.6. The van der Waals surface area contributed by atoms with Crippen molar-refractivity contribution in [3.63, 3.8) is 0 Å². The fraction of sp³-hybridized carbons (Fsp3) is 0.545. The lowest BCUT2D eigenvalue weighted by Crippen LogP contribution is -2.34. The standard InChI is InChI=1S/C22H30N4O3/c1-15(2)22(16-7-8-18-19(13-16)29-12-11-28-18)23-14-21(27)25-20-9-10-24-26(20)17-5-3-4-6-17/h7-10,13,15,17,22-23H,3-6,11-12,14H2,1-2H3,(H,25,27)/t22-/m0/s1. The molecule has 0 radical (unpaired) electrons. The highest BCUT2D eigenvalue weighted by molar-refractivity contribution is 5.91. The van der Waals surface area contributed by atoms with E-state index in [4.69, 9.17) is 9.47 Å². The minimum Gasteiger partial charge on any atom is -0.486 e. The summed E-state index contributed by atoms with van der Waals surface area (Å²) >= 11 is 0. The number of hydrogen-bond donors (Lipinski definition) is 2. The molecule has 4 rings (SSSR count). The van der Waals surface area contributed by atoms with Crippen molar-refractivity contribution in [3.05, 3.63) is 36.0 Å². The van der Waals surface area contributed by atoms with Crippen LogP contribution in [0.25, 0.3) is 0 Å². The van der Waals surface area contributed by atoms with Gasteiger partial charge in [-0.25, -0.2) is 4.68 Å². The average molecular weight is 399 g/mol. The number of rotatable bonds is 7. The van der Waals surface area contributed by atoms with Crippen LogP contribution in [0, 0.1) is 5.92 Å². The van der Waals surface area contributed by atoms with Crippen molar-refractivity contribution >= 4 is 11.7 Å². The Hall–Kier alpha value is -2.54. The van der Waals surface area contributed by atoms with Crippen molar-refractivity contribution in [2.45, 2.75) is 51.6 Å². The van der Waals surface area contributed by atoms with Crippen LogP contribution in [0.2, 0.25) is 0 Å². The third-order valence-corrected chi connectivity index (χ3v) is 5.68. The smallest absolute Gasteiger partial charge is 0.239 e. The summed E-state index contributed by atoms with van der Waals surface area (Å²) in [6.07, 6.45) is 6.47. The predicted molar refractivity (Wildman–Crippen MR) is 111 cm³/mol. The van der Waals surface area contributed by atoms with Gasteiger partial charge in [-0.15, -0.1) is 0 Å². The molecule has 156 valence electrons. The van der Waals surface area contributed by atoms with E-state index in [9.17, 15) is 4.79 Å². The minimum absolute atomic E-state index is 0.0383. The van der Waals surface area contributed by atoms with E-state index >= 15 is 0 Å². The molecule has 1 amide bonds. The number of amides is 1. The summed E-state index contributed by atoms with van der Waals surface area (Å²) in [5.41, 5.74) is 1.09. The van der Waals surface area contributed by atoms with Gasteiger partial charge in [0.1, 0.15) is 19.0 Å². The second-order valence-electron chi connectivity index (χ2n) is 8.15. The molecule has 2 heterocycles. The van der Waals surface area contributed by atoms with Gasteiger partial charge in [-0.3, -0.25) is 4.79 Å². The Bertz CT molecular complexity index is 842. The van der Waals surface area contributed by atoms with Crippen molar-refractivity contribution < 1.29 is 14.3 Å². The zero-order valence-electron chi connectivity index (χ0n) is 17.2. The maximum atomic E-state index is 12.6. The van der Waals surface area contributed by atoms with Crippen LogP contribution < -0.4 is 20.1 Å². The molecule has 29 heavy (non-hydrogen) atoms. The molecule has 2 aromatic rings. The molecular weight excluding hydrogens is 368 g/mol. The van der Waals surface area contributed by atoms with Crippen LogP contribution in [0.4, 0.5) is 5.82 Å². The fourth-order valence-electron chi connectivity index (χ4n) is 4.23. The molecule has 1 atom stereocenters. The van der Waals surface area contributed by atoms with Crippen molar-refractivity contribution in [1.82, 2.24) is 15.1 Å². The lowest BCUT2D eigenvalue weighted by Gasteiger charge is -2.25. The van der Waals surface area contributed by atoms with E-state index < -0.39 is 0 Å². The van der Waals surface area contributed by atoms with Gasteiger partial charge >= 0.3 is 0 Å². The van der Waals surface area contributed by atoms with Gasteiger partial charge in [0.2, 0.25) is 5.91 Å². The third-order valence-electron chi connectivity index (χ3n) is 5.68. The highest BCUT2D eigenvalue weighted by atomic mass is 16.6. The second-order valence-corrected chi connectivity index (χ2v) is 8.15. The molecule has 2 aliphatic rings. The molecular formula is C22H30N4O3. The molecule has 1 aliphatic carbocycles. The first-order chi connectivity index (χ1) is 14.1. The Balaban J connectivity index is 1.39. The molecule has 1 aliphatic heterocycles. The molecule has 2 N–H and O–H groups in total. The Morgan fingerprint density at radius 2 is 1.93 bits per heavy atom. The first kappa shape index (κ1) is 19.8. The molecule has 0 saturated heterocycles. The molecule has 7 heteroatoms. The van der Waals surface area contributed by atoms with Crippen LogP contribution in [0.15, 0.2) is 30.5 Å². The van der Waals surface area contributed by atoms with Crippen molar-refractivity contribution in [3.8, 4) is 11.5 Å². The summed E-state index contributed by atoms with van der Waals surface area (Å²) in [5, 5.41) is 10.8. The topological polar surface area (TPSA) is 77.4 Å². The molecule has 0 spiro atoms. The van der Waals surface area contributed by atoms with Gasteiger partial charge in [0.05, 0.1) is 18.8 Å². The van der Waals surface area contributed by atoms with Crippen LogP contribution in [-0.4, -0.2) is 35.4 Å². The van der Waals surface area contributed by atoms with Crippen LogP contribution in [0.1, 0.15) is 57.2 Å². The molecule has 0 unspecified atom stereocenters. The van der Waals surface area contributed by atoms with Crippen molar-refractivity contribution in [1.29, 1.82) is 0 Å². The van der Waals surface area contributed by atoms with E-state index in [1.807, 2.05) is 28.9 Å². The van der Waals surface area contributed by atoms with Gasteiger partial charge in [0, 0.05) is 12.1 Å². The summed E-state index contributed by atoms with van der Waals surface area (Å²) < 4.78 is 13.3. The monoisotopic (exact) mass is 398 g/mol. The second kappa shape index (κ2) is 8.86. The number of fused-ring (bicyclic) bond motifs is 1. The van der Waals surface area contributed by atoms with Crippen LogP contribution in [-0.2, 0) is 4.79 Å². The number of ether oxygens (including phenoxy) is 2. The summed E-state index contributed by atoms with van der Waals surface area (Å²) in [6.45, 7) is 5.65. The fourth-order valence-corrected chi connectivity index (χ4v) is 4.23. The molecule has 1 aromatic heterocycles. The summed E-state index contributed by atoms with van der Waals surface area (Å²) in [6, 6.07) is 8.31. The van der Waals surface area contributed by atoms with Gasteiger partial charge in [0.25, 0.3) is 0 Å². The summed E-state index contributed by atoms with van der Waals surface area (Å²) in [7, 11) is 0. The van der Waals surface area contributed by atoms with Gasteiger partial charge in [-0.05, 0) is 36.5 Å². The number of carbonyl (C=O) groups excluding carboxylic acids is 1. The molecule has 7 nitrogen and oxygen atoms in total. The maximum Gasteiger partial charge on any atom is 0.239 e. The Morgan fingerprint density at radius 3 is 2.69 bits per heavy atom. The number of anilines is 1. The first-order valence-electron chi connectivity index (χ1n) is 10.6. The van der Waals surface area contributed by atoms with Gasteiger partial charge in [0.15, 0.2) is 11.5 Å². The van der Waals surface area contributed by atoms with E-state index in [-0.39, 0.29) is 18.5 Å². The number of benzene rings is 1. The van der Waals surface area contributed by atoms with Crippen molar-refractivity contribution in [2.75, 3.05) is 25.1 Å². The summed E-state index contributed by atoms with van der Waals surface area (Å²) in [5.74, 6) is 2.58. The van der Waals surface area contributed by atoms with E-state index in [2.05, 4.69) is 29.6 Å². The lowest BCUT2D eigenvalue weighted by molar-refractivity contribution is -0.115. The van der Waals surface area contributed by atoms with E-state index in [1.165, 1.54) is 12.8 Å². The van der Waals surface area contributed by atoms with Gasteiger partial charge in [-0.2, -0.15) is 5.10 Å². The molecule has 0 bridgehead atoms. The number of hydrogen-bond acceptors (Lipinski definition) is 5. The lowest BCUT2D eigenvalue weighted by atomic mass is 9.95. The average Bonchev–Trinajstić information content (AvgIpc) is 3.39. The number of nitrogens with one attached hydrogen (secondary N) is 2. The largest absolute Gasteiger partial charge is 0.486 e.